The molecule has 0 aliphatic carbocycles. The van der Waals surface area contributed by atoms with Gasteiger partial charge in [0.15, 0.2) is 11.1 Å². The van der Waals surface area contributed by atoms with Crippen LogP contribution >= 0.6 is 35.3 Å². The lowest BCUT2D eigenvalue weighted by atomic mass is 10.1. The van der Waals surface area contributed by atoms with Crippen molar-refractivity contribution in [1.29, 1.82) is 0 Å². The molecule has 3 rings (SSSR count). The van der Waals surface area contributed by atoms with Gasteiger partial charge < -0.3 is 15.5 Å². The SMILES string of the molecule is CCNC(=NCCc1csc(N2CCCC2)n1)NC1CCN(S(=O)(=O)CC)CC1.I. The zero-order valence-corrected chi connectivity index (χ0v) is 21.9. The quantitative estimate of drug-likeness (QED) is 0.283. The molecule has 172 valence electrons. The lowest BCUT2D eigenvalue weighted by molar-refractivity contribution is 0.306. The smallest absolute Gasteiger partial charge is 0.213 e. The minimum absolute atomic E-state index is 0. The van der Waals surface area contributed by atoms with E-state index in [-0.39, 0.29) is 35.8 Å². The summed E-state index contributed by atoms with van der Waals surface area (Å²) in [6.07, 6.45) is 4.96. The van der Waals surface area contributed by atoms with E-state index in [9.17, 15) is 8.42 Å². The van der Waals surface area contributed by atoms with Crippen LogP contribution in [0.5, 0.6) is 0 Å². The molecular weight excluding hydrogens is 535 g/mol. The fourth-order valence-corrected chi connectivity index (χ4v) is 5.77. The second-order valence-electron chi connectivity index (χ2n) is 7.54. The molecule has 0 unspecified atom stereocenters. The molecule has 2 aliphatic heterocycles. The van der Waals surface area contributed by atoms with E-state index < -0.39 is 10.0 Å². The number of piperidine rings is 1. The summed E-state index contributed by atoms with van der Waals surface area (Å²) in [5.74, 6) is 0.977. The highest BCUT2D eigenvalue weighted by atomic mass is 127. The number of nitrogens with one attached hydrogen (secondary N) is 2. The second kappa shape index (κ2) is 12.4. The van der Waals surface area contributed by atoms with Crippen LogP contribution in [0.1, 0.15) is 45.2 Å². The average molecular weight is 571 g/mol. The normalized spacial score (nSPS) is 19.0. The minimum atomic E-state index is -3.08. The molecule has 2 aliphatic rings. The maximum Gasteiger partial charge on any atom is 0.213 e. The number of thiazole rings is 1. The predicted molar refractivity (Wildman–Crippen MR) is 136 cm³/mol. The summed E-state index contributed by atoms with van der Waals surface area (Å²) in [6, 6.07) is 0.247. The van der Waals surface area contributed by atoms with Crippen molar-refractivity contribution in [3.63, 3.8) is 0 Å². The number of halogens is 1. The Morgan fingerprint density at radius 3 is 2.57 bits per heavy atom. The molecule has 2 N–H and O–H groups in total. The summed E-state index contributed by atoms with van der Waals surface area (Å²) in [4.78, 5) is 11.8. The Bertz CT molecular complexity index is 772. The molecular formula is C19H35IN6O2S2. The van der Waals surface area contributed by atoms with E-state index in [0.29, 0.717) is 19.6 Å². The third-order valence-corrected chi connectivity index (χ3v) is 8.28. The van der Waals surface area contributed by atoms with Gasteiger partial charge in [0, 0.05) is 57.1 Å². The van der Waals surface area contributed by atoms with Crippen LogP contribution in [0.15, 0.2) is 10.4 Å². The summed E-state index contributed by atoms with van der Waals surface area (Å²) in [5.41, 5.74) is 1.11. The Morgan fingerprint density at radius 1 is 1.23 bits per heavy atom. The first kappa shape index (κ1) is 25.6. The zero-order chi connectivity index (χ0) is 20.7. The molecule has 0 radical (unpaired) electrons. The van der Waals surface area contributed by atoms with Gasteiger partial charge in [-0.2, -0.15) is 0 Å². The molecule has 11 heteroatoms. The Morgan fingerprint density at radius 2 is 1.93 bits per heavy atom. The Balaban J connectivity index is 0.00000320. The lowest BCUT2D eigenvalue weighted by Gasteiger charge is -2.32. The first-order valence-corrected chi connectivity index (χ1v) is 13.2. The van der Waals surface area contributed by atoms with Gasteiger partial charge in [0.25, 0.3) is 0 Å². The number of hydrogen-bond donors (Lipinski definition) is 2. The number of guanidine groups is 1. The molecule has 1 aromatic heterocycles. The van der Waals surface area contributed by atoms with Crippen LogP contribution in [-0.4, -0.2) is 74.7 Å². The van der Waals surface area contributed by atoms with Crippen LogP contribution in [0.4, 0.5) is 5.13 Å². The number of aliphatic imine (C=N–C) groups is 1. The van der Waals surface area contributed by atoms with Gasteiger partial charge in [0.05, 0.1) is 11.4 Å². The molecule has 8 nitrogen and oxygen atoms in total. The van der Waals surface area contributed by atoms with Gasteiger partial charge in [0.1, 0.15) is 0 Å². The summed E-state index contributed by atoms with van der Waals surface area (Å²) >= 11 is 1.73. The van der Waals surface area contributed by atoms with E-state index in [1.54, 1.807) is 22.6 Å². The molecule has 0 amide bonds. The second-order valence-corrected chi connectivity index (χ2v) is 10.6. The van der Waals surface area contributed by atoms with Crippen molar-refractivity contribution in [3.05, 3.63) is 11.1 Å². The van der Waals surface area contributed by atoms with Crippen molar-refractivity contribution in [3.8, 4) is 0 Å². The van der Waals surface area contributed by atoms with Gasteiger partial charge >= 0.3 is 0 Å². The molecule has 30 heavy (non-hydrogen) atoms. The van der Waals surface area contributed by atoms with Crippen LogP contribution in [0.2, 0.25) is 0 Å². The molecule has 3 heterocycles. The summed E-state index contributed by atoms with van der Waals surface area (Å²) in [5, 5.41) is 10.1. The average Bonchev–Trinajstić information content (AvgIpc) is 3.40. The molecule has 1 aromatic rings. The van der Waals surface area contributed by atoms with Gasteiger partial charge in [-0.1, -0.05) is 0 Å². The van der Waals surface area contributed by atoms with Crippen molar-refractivity contribution in [2.24, 2.45) is 4.99 Å². The fraction of sp³-hybridized carbons (Fsp3) is 0.789. The summed E-state index contributed by atoms with van der Waals surface area (Å²) < 4.78 is 25.6. The van der Waals surface area contributed by atoms with Gasteiger partial charge in [-0.15, -0.1) is 35.3 Å². The van der Waals surface area contributed by atoms with E-state index in [1.165, 1.54) is 12.8 Å². The molecule has 2 fully saturated rings. The van der Waals surface area contributed by atoms with Crippen LogP contribution in [-0.2, 0) is 16.4 Å². The fourth-order valence-electron chi connectivity index (χ4n) is 3.72. The van der Waals surface area contributed by atoms with E-state index in [2.05, 4.69) is 27.8 Å². The zero-order valence-electron chi connectivity index (χ0n) is 18.0. The third-order valence-electron chi connectivity index (χ3n) is 5.45. The maximum atomic E-state index is 12.0. The van der Waals surface area contributed by atoms with Gasteiger partial charge in [-0.05, 0) is 39.5 Å². The van der Waals surface area contributed by atoms with Crippen LogP contribution in [0, 0.1) is 0 Å². The topological polar surface area (TPSA) is 89.9 Å². The number of hydrogen-bond acceptors (Lipinski definition) is 6. The van der Waals surface area contributed by atoms with Crippen molar-refractivity contribution in [2.75, 3.05) is 49.9 Å². The van der Waals surface area contributed by atoms with E-state index in [1.807, 2.05) is 0 Å². The molecule has 0 saturated carbocycles. The van der Waals surface area contributed by atoms with Gasteiger partial charge in [-0.25, -0.2) is 17.7 Å². The Kier molecular flexibility index (Phi) is 10.6. The van der Waals surface area contributed by atoms with Crippen LogP contribution in [0.3, 0.4) is 0 Å². The van der Waals surface area contributed by atoms with Crippen molar-refractivity contribution in [2.45, 2.75) is 52.0 Å². The third kappa shape index (κ3) is 7.20. The Hall–Kier alpha value is -0.660. The Labute approximate surface area is 202 Å². The summed E-state index contributed by atoms with van der Waals surface area (Å²) in [7, 11) is -3.08. The van der Waals surface area contributed by atoms with Crippen molar-refractivity contribution >= 4 is 56.4 Å². The highest BCUT2D eigenvalue weighted by Gasteiger charge is 2.27. The largest absolute Gasteiger partial charge is 0.357 e. The van der Waals surface area contributed by atoms with Crippen LogP contribution < -0.4 is 15.5 Å². The molecule has 0 atom stereocenters. The molecule has 2 saturated heterocycles. The number of rotatable bonds is 8. The lowest BCUT2D eigenvalue weighted by Crippen LogP contribution is -2.50. The van der Waals surface area contributed by atoms with E-state index in [0.717, 1.165) is 55.7 Å². The van der Waals surface area contributed by atoms with Crippen molar-refractivity contribution < 1.29 is 8.42 Å². The minimum Gasteiger partial charge on any atom is -0.357 e. The number of aromatic nitrogens is 1. The predicted octanol–water partition coefficient (Wildman–Crippen LogP) is 2.27. The standard InChI is InChI=1S/C19H34N6O2S2.HI/c1-3-20-18(22-16-8-13-25(14-9-16)29(26,27)4-2)21-10-7-17-15-28-19(23-17)24-11-5-6-12-24;/h15-16H,3-14H2,1-2H3,(H2,20,21,22);1H. The van der Waals surface area contributed by atoms with Gasteiger partial charge in [-0.3, -0.25) is 4.99 Å². The first-order chi connectivity index (χ1) is 14.0. The van der Waals surface area contributed by atoms with Crippen LogP contribution in [0.25, 0.3) is 0 Å². The van der Waals surface area contributed by atoms with Crippen molar-refractivity contribution in [1.82, 2.24) is 19.9 Å². The molecule has 0 aromatic carbocycles. The summed E-state index contributed by atoms with van der Waals surface area (Å²) in [6.45, 7) is 8.63. The molecule has 0 spiro atoms. The number of anilines is 1. The molecule has 0 bridgehead atoms. The van der Waals surface area contributed by atoms with Gasteiger partial charge in [0.2, 0.25) is 10.0 Å². The number of nitrogens with zero attached hydrogens (tertiary/aromatic N) is 4. The maximum absolute atomic E-state index is 12.0. The van der Waals surface area contributed by atoms with E-state index >= 15 is 0 Å². The first-order valence-electron chi connectivity index (χ1n) is 10.7. The van der Waals surface area contributed by atoms with E-state index in [4.69, 9.17) is 9.98 Å². The monoisotopic (exact) mass is 570 g/mol. The highest BCUT2D eigenvalue weighted by molar-refractivity contribution is 14.0. The highest BCUT2D eigenvalue weighted by Crippen LogP contribution is 2.24. The number of sulfonamides is 1.